The zero-order chi connectivity index (χ0) is 23.6. The van der Waals surface area contributed by atoms with Gasteiger partial charge < -0.3 is 10.6 Å². The maximum atomic E-state index is 12.9. The molecule has 0 heterocycles. The lowest BCUT2D eigenvalue weighted by molar-refractivity contribution is -0.116. The van der Waals surface area contributed by atoms with E-state index in [2.05, 4.69) is 17.6 Å². The number of unbranched alkanes of at least 4 members (excludes halogenated alkanes) is 4. The van der Waals surface area contributed by atoms with Crippen molar-refractivity contribution in [3.05, 3.63) is 88.4 Å². The topological polar surface area (TPSA) is 58.2 Å². The van der Waals surface area contributed by atoms with E-state index < -0.39 is 0 Å². The number of hydrogen-bond donors (Lipinski definition) is 2. The molecule has 0 saturated carbocycles. The molecule has 3 aromatic carbocycles. The molecule has 0 bridgehead atoms. The molecule has 0 atom stereocenters. The fraction of sp³-hybridized carbons (Fsp3) is 0.286. The van der Waals surface area contributed by atoms with Crippen molar-refractivity contribution in [2.75, 3.05) is 10.6 Å². The summed E-state index contributed by atoms with van der Waals surface area (Å²) in [5, 5.41) is 6.69. The third-order valence-electron chi connectivity index (χ3n) is 5.59. The highest BCUT2D eigenvalue weighted by Gasteiger charge is 2.15. The van der Waals surface area contributed by atoms with E-state index in [4.69, 9.17) is 11.6 Å². The van der Waals surface area contributed by atoms with Crippen molar-refractivity contribution in [1.29, 1.82) is 0 Å². The van der Waals surface area contributed by atoms with Gasteiger partial charge in [0, 0.05) is 23.2 Å². The lowest BCUT2D eigenvalue weighted by Gasteiger charge is -2.14. The number of para-hydroxylation sites is 2. The Bertz CT molecular complexity index is 1110. The second-order valence-corrected chi connectivity index (χ2v) is 8.63. The quantitative estimate of drug-likeness (QED) is 0.224. The van der Waals surface area contributed by atoms with E-state index in [1.807, 2.05) is 61.5 Å². The Morgan fingerprint density at radius 1 is 0.818 bits per heavy atom. The third-order valence-corrected chi connectivity index (χ3v) is 5.90. The zero-order valence-electron chi connectivity index (χ0n) is 19.3. The van der Waals surface area contributed by atoms with E-state index in [0.717, 1.165) is 29.8 Å². The number of benzene rings is 3. The zero-order valence-corrected chi connectivity index (χ0v) is 20.0. The van der Waals surface area contributed by atoms with Gasteiger partial charge in [-0.3, -0.25) is 9.59 Å². The molecule has 0 spiro atoms. The van der Waals surface area contributed by atoms with E-state index in [9.17, 15) is 9.59 Å². The molecule has 0 saturated heterocycles. The monoisotopic (exact) mass is 462 g/mol. The van der Waals surface area contributed by atoms with Crippen molar-refractivity contribution < 1.29 is 9.59 Å². The average molecular weight is 463 g/mol. The molecule has 0 aliphatic rings. The van der Waals surface area contributed by atoms with Crippen LogP contribution in [-0.4, -0.2) is 11.7 Å². The van der Waals surface area contributed by atoms with Gasteiger partial charge in [-0.25, -0.2) is 0 Å². The first-order chi connectivity index (χ1) is 16.0. The fourth-order valence-corrected chi connectivity index (χ4v) is 3.97. The molecular weight excluding hydrogens is 432 g/mol. The van der Waals surface area contributed by atoms with Gasteiger partial charge in [0.25, 0.3) is 0 Å². The van der Waals surface area contributed by atoms with Crippen molar-refractivity contribution >= 4 is 40.4 Å². The lowest BCUT2D eigenvalue weighted by atomic mass is 9.99. The number of amides is 1. The first-order valence-electron chi connectivity index (χ1n) is 11.6. The van der Waals surface area contributed by atoms with Crippen molar-refractivity contribution in [2.45, 2.75) is 52.4 Å². The Morgan fingerprint density at radius 2 is 1.52 bits per heavy atom. The van der Waals surface area contributed by atoms with E-state index in [1.54, 1.807) is 12.1 Å². The summed E-state index contributed by atoms with van der Waals surface area (Å²) in [6, 6.07) is 20.3. The number of rotatable bonds is 11. The van der Waals surface area contributed by atoms with Crippen LogP contribution in [0, 0.1) is 6.92 Å². The van der Waals surface area contributed by atoms with E-state index in [0.29, 0.717) is 28.3 Å². The van der Waals surface area contributed by atoms with Crippen molar-refractivity contribution in [3.63, 3.8) is 0 Å². The highest BCUT2D eigenvalue weighted by molar-refractivity contribution is 6.35. The number of carbonyl (C=O) groups excluding carboxylic acids is 2. The summed E-state index contributed by atoms with van der Waals surface area (Å²) < 4.78 is 0. The van der Waals surface area contributed by atoms with Crippen LogP contribution in [0.1, 0.15) is 66.9 Å². The highest BCUT2D eigenvalue weighted by Crippen LogP contribution is 2.29. The second-order valence-electron chi connectivity index (χ2n) is 8.22. The number of anilines is 3. The second kappa shape index (κ2) is 12.2. The van der Waals surface area contributed by atoms with E-state index in [-0.39, 0.29) is 11.7 Å². The molecule has 0 aromatic heterocycles. The van der Waals surface area contributed by atoms with E-state index in [1.165, 1.54) is 19.3 Å². The first kappa shape index (κ1) is 24.5. The summed E-state index contributed by atoms with van der Waals surface area (Å²) in [6.07, 6.45) is 6.06. The standard InChI is InChI=1S/C28H31ClN2O2/c1-3-4-5-6-7-16-27(32)31-26-15-11-10-14-25(26)30-21-17-18-23(24(29)19-21)28(33)22-13-9-8-12-20(22)2/h8-15,17-19,30H,3-7,16H2,1-2H3,(H,31,32). The maximum Gasteiger partial charge on any atom is 0.224 e. The predicted molar refractivity (Wildman–Crippen MR) is 138 cm³/mol. The third kappa shape index (κ3) is 6.93. The molecule has 3 rings (SSSR count). The van der Waals surface area contributed by atoms with Crippen LogP contribution in [0.2, 0.25) is 5.02 Å². The van der Waals surface area contributed by atoms with E-state index >= 15 is 0 Å². The van der Waals surface area contributed by atoms with Crippen LogP contribution in [0.15, 0.2) is 66.7 Å². The summed E-state index contributed by atoms with van der Waals surface area (Å²) in [4.78, 5) is 25.3. The summed E-state index contributed by atoms with van der Waals surface area (Å²) in [6.45, 7) is 4.09. The molecule has 0 aliphatic heterocycles. The minimum absolute atomic E-state index is 0.0120. The molecule has 0 radical (unpaired) electrons. The Hall–Kier alpha value is -3.11. The van der Waals surface area contributed by atoms with Crippen LogP contribution in [0.3, 0.4) is 0 Å². The van der Waals surface area contributed by atoms with Crippen LogP contribution in [0.4, 0.5) is 17.1 Å². The minimum Gasteiger partial charge on any atom is -0.354 e. The fourth-order valence-electron chi connectivity index (χ4n) is 3.71. The molecule has 3 aromatic rings. The van der Waals surface area contributed by atoms with Gasteiger partial charge in [-0.1, -0.05) is 80.6 Å². The number of ketones is 1. The van der Waals surface area contributed by atoms with Crippen molar-refractivity contribution in [2.24, 2.45) is 0 Å². The van der Waals surface area contributed by atoms with Gasteiger partial charge >= 0.3 is 0 Å². The molecule has 0 unspecified atom stereocenters. The van der Waals surface area contributed by atoms with Gasteiger partial charge in [-0.05, 0) is 49.2 Å². The Morgan fingerprint density at radius 3 is 2.24 bits per heavy atom. The van der Waals surface area contributed by atoms with Crippen LogP contribution < -0.4 is 10.6 Å². The SMILES string of the molecule is CCCCCCCC(=O)Nc1ccccc1Nc1ccc(C(=O)c2ccccc2C)c(Cl)c1. The molecule has 2 N–H and O–H groups in total. The molecule has 0 aliphatic carbocycles. The first-order valence-corrected chi connectivity index (χ1v) is 11.9. The van der Waals surface area contributed by atoms with Gasteiger partial charge in [0.15, 0.2) is 5.78 Å². The van der Waals surface area contributed by atoms with Crippen LogP contribution in [0.5, 0.6) is 0 Å². The van der Waals surface area contributed by atoms with Gasteiger partial charge in [0.05, 0.1) is 16.4 Å². The normalized spacial score (nSPS) is 10.6. The van der Waals surface area contributed by atoms with Crippen LogP contribution >= 0.6 is 11.6 Å². The Kier molecular flexibility index (Phi) is 9.08. The summed E-state index contributed by atoms with van der Waals surface area (Å²) in [7, 11) is 0. The molecule has 0 fully saturated rings. The largest absolute Gasteiger partial charge is 0.354 e. The number of nitrogens with one attached hydrogen (secondary N) is 2. The molecule has 33 heavy (non-hydrogen) atoms. The Labute approximate surface area is 201 Å². The number of carbonyl (C=O) groups is 2. The molecular formula is C28H31ClN2O2. The Balaban J connectivity index is 1.68. The average Bonchev–Trinajstić information content (AvgIpc) is 2.80. The summed E-state index contributed by atoms with van der Waals surface area (Å²) in [5.74, 6) is -0.0887. The predicted octanol–water partition coefficient (Wildman–Crippen LogP) is 7.92. The maximum absolute atomic E-state index is 12.9. The lowest BCUT2D eigenvalue weighted by Crippen LogP contribution is -2.12. The van der Waals surface area contributed by atoms with Crippen molar-refractivity contribution in [3.8, 4) is 0 Å². The van der Waals surface area contributed by atoms with Crippen LogP contribution in [0.25, 0.3) is 0 Å². The molecule has 1 amide bonds. The van der Waals surface area contributed by atoms with Gasteiger partial charge in [-0.15, -0.1) is 0 Å². The smallest absolute Gasteiger partial charge is 0.224 e. The van der Waals surface area contributed by atoms with Crippen molar-refractivity contribution in [1.82, 2.24) is 0 Å². The van der Waals surface area contributed by atoms with Gasteiger partial charge in [0.2, 0.25) is 5.91 Å². The molecule has 4 nitrogen and oxygen atoms in total. The number of hydrogen-bond acceptors (Lipinski definition) is 3. The molecule has 5 heteroatoms. The highest BCUT2D eigenvalue weighted by atomic mass is 35.5. The van der Waals surface area contributed by atoms with Gasteiger partial charge in [0.1, 0.15) is 0 Å². The summed E-state index contributed by atoms with van der Waals surface area (Å²) in [5.41, 5.74) is 4.24. The number of aryl methyl sites for hydroxylation is 1. The van der Waals surface area contributed by atoms with Crippen LogP contribution in [-0.2, 0) is 4.79 Å². The summed E-state index contributed by atoms with van der Waals surface area (Å²) >= 11 is 6.48. The van der Waals surface area contributed by atoms with Gasteiger partial charge in [-0.2, -0.15) is 0 Å². The molecule has 172 valence electrons. The minimum atomic E-state index is -0.101. The number of halogens is 1.